The van der Waals surface area contributed by atoms with E-state index in [9.17, 15) is 14.7 Å². The molecule has 1 fully saturated rings. The summed E-state index contributed by atoms with van der Waals surface area (Å²) in [6, 6.07) is -1.21. The van der Waals surface area contributed by atoms with Crippen LogP contribution in [0.25, 0.3) is 0 Å². The van der Waals surface area contributed by atoms with Gasteiger partial charge in [-0.25, -0.2) is 9.59 Å². The third-order valence-corrected chi connectivity index (χ3v) is 3.39. The van der Waals surface area contributed by atoms with Gasteiger partial charge in [-0.3, -0.25) is 0 Å². The van der Waals surface area contributed by atoms with Crippen LogP contribution >= 0.6 is 0 Å². The lowest BCUT2D eigenvalue weighted by Gasteiger charge is -2.34. The predicted octanol–water partition coefficient (Wildman–Crippen LogP) is 0.898. The van der Waals surface area contributed by atoms with Crippen molar-refractivity contribution < 1.29 is 19.8 Å². The highest BCUT2D eigenvalue weighted by atomic mass is 16.4. The van der Waals surface area contributed by atoms with Crippen molar-refractivity contribution in [3.8, 4) is 0 Å². The van der Waals surface area contributed by atoms with E-state index >= 15 is 0 Å². The van der Waals surface area contributed by atoms with Gasteiger partial charge in [0.25, 0.3) is 0 Å². The number of hydrogen-bond donors (Lipinski definition) is 3. The standard InChI is InChI=1S/C13H24N2O4/c1-8(2)4-11(12(17)18)14-13(19)15(3)7-9-5-10(16)6-9/h8-11,16H,4-7H2,1-3H3,(H,14,19)(H,17,18)/t9?,10?,11-/m1/s1. The lowest BCUT2D eigenvalue weighted by Crippen LogP contribution is -2.49. The normalized spacial score (nSPS) is 23.6. The van der Waals surface area contributed by atoms with Crippen LogP contribution in [-0.4, -0.2) is 52.9 Å². The number of rotatable bonds is 6. The summed E-state index contributed by atoms with van der Waals surface area (Å²) in [7, 11) is 1.65. The number of aliphatic hydroxyl groups excluding tert-OH is 1. The van der Waals surface area contributed by atoms with Gasteiger partial charge in [-0.1, -0.05) is 13.8 Å². The maximum Gasteiger partial charge on any atom is 0.326 e. The zero-order chi connectivity index (χ0) is 14.6. The molecule has 2 amide bonds. The molecule has 3 N–H and O–H groups in total. The van der Waals surface area contributed by atoms with Crippen molar-refractivity contribution in [1.82, 2.24) is 10.2 Å². The van der Waals surface area contributed by atoms with E-state index in [-0.39, 0.29) is 18.1 Å². The molecule has 0 aromatic carbocycles. The second kappa shape index (κ2) is 6.75. The van der Waals surface area contributed by atoms with Crippen LogP contribution in [0.15, 0.2) is 0 Å². The van der Waals surface area contributed by atoms with E-state index in [0.29, 0.717) is 31.7 Å². The maximum absolute atomic E-state index is 11.9. The molecule has 0 aromatic rings. The van der Waals surface area contributed by atoms with Crippen LogP contribution in [0.3, 0.4) is 0 Å². The Balaban J connectivity index is 2.40. The summed E-state index contributed by atoms with van der Waals surface area (Å²) in [6.45, 7) is 4.39. The Hall–Kier alpha value is -1.30. The number of hydrogen-bond acceptors (Lipinski definition) is 3. The van der Waals surface area contributed by atoms with E-state index in [0.717, 1.165) is 0 Å². The molecule has 0 spiro atoms. The number of amides is 2. The van der Waals surface area contributed by atoms with Gasteiger partial charge in [0.2, 0.25) is 0 Å². The molecule has 6 heteroatoms. The summed E-state index contributed by atoms with van der Waals surface area (Å²) < 4.78 is 0. The van der Waals surface area contributed by atoms with Crippen LogP contribution in [0.5, 0.6) is 0 Å². The summed E-state index contributed by atoms with van der Waals surface area (Å²) >= 11 is 0. The van der Waals surface area contributed by atoms with Crippen molar-refractivity contribution in [2.45, 2.75) is 45.3 Å². The van der Waals surface area contributed by atoms with Crippen LogP contribution in [0.1, 0.15) is 33.1 Å². The van der Waals surface area contributed by atoms with Gasteiger partial charge in [0.15, 0.2) is 0 Å². The number of aliphatic hydroxyl groups is 1. The van der Waals surface area contributed by atoms with E-state index in [1.54, 1.807) is 7.05 Å². The molecule has 0 heterocycles. The smallest absolute Gasteiger partial charge is 0.326 e. The first kappa shape index (κ1) is 15.8. The maximum atomic E-state index is 11.9. The molecule has 6 nitrogen and oxygen atoms in total. The molecule has 1 aliphatic carbocycles. The first-order valence-electron chi connectivity index (χ1n) is 6.72. The van der Waals surface area contributed by atoms with E-state index in [1.165, 1.54) is 4.90 Å². The lowest BCUT2D eigenvalue weighted by atomic mass is 9.82. The minimum atomic E-state index is -1.01. The number of nitrogens with zero attached hydrogens (tertiary/aromatic N) is 1. The molecular weight excluding hydrogens is 248 g/mol. The summed E-state index contributed by atoms with van der Waals surface area (Å²) in [5.41, 5.74) is 0. The fourth-order valence-corrected chi connectivity index (χ4v) is 2.27. The van der Waals surface area contributed by atoms with Crippen molar-refractivity contribution in [2.75, 3.05) is 13.6 Å². The third-order valence-electron chi connectivity index (χ3n) is 3.39. The largest absolute Gasteiger partial charge is 0.480 e. The number of carbonyl (C=O) groups is 2. The van der Waals surface area contributed by atoms with E-state index in [4.69, 9.17) is 5.11 Å². The molecule has 19 heavy (non-hydrogen) atoms. The Kier molecular flexibility index (Phi) is 5.60. The number of nitrogens with one attached hydrogen (secondary N) is 1. The summed E-state index contributed by atoms with van der Waals surface area (Å²) in [4.78, 5) is 24.4. The SMILES string of the molecule is CC(C)C[C@@H](NC(=O)N(C)CC1CC(O)C1)C(=O)O. The number of carboxylic acids is 1. The molecule has 0 aromatic heterocycles. The summed E-state index contributed by atoms with van der Waals surface area (Å²) in [6.07, 6.45) is 1.60. The molecule has 110 valence electrons. The molecule has 0 aliphatic heterocycles. The van der Waals surface area contributed by atoms with Gasteiger partial charge < -0.3 is 20.4 Å². The number of aliphatic carboxylic acids is 1. The van der Waals surface area contributed by atoms with E-state index < -0.39 is 12.0 Å². The van der Waals surface area contributed by atoms with Gasteiger partial charge in [-0.15, -0.1) is 0 Å². The van der Waals surface area contributed by atoms with Crippen LogP contribution in [0.2, 0.25) is 0 Å². The van der Waals surface area contributed by atoms with Crippen molar-refractivity contribution >= 4 is 12.0 Å². The minimum Gasteiger partial charge on any atom is -0.480 e. The van der Waals surface area contributed by atoms with Crippen molar-refractivity contribution in [3.63, 3.8) is 0 Å². The highest BCUT2D eigenvalue weighted by molar-refractivity contribution is 5.82. The molecule has 1 saturated carbocycles. The third kappa shape index (κ3) is 5.06. The highest BCUT2D eigenvalue weighted by Gasteiger charge is 2.30. The first-order chi connectivity index (χ1) is 8.79. The van der Waals surface area contributed by atoms with Crippen LogP contribution < -0.4 is 5.32 Å². The number of carboxylic acid groups (broad SMARTS) is 1. The van der Waals surface area contributed by atoms with Crippen molar-refractivity contribution in [1.29, 1.82) is 0 Å². The Morgan fingerprint density at radius 3 is 2.37 bits per heavy atom. The molecular formula is C13H24N2O4. The Labute approximate surface area is 113 Å². The Morgan fingerprint density at radius 1 is 1.37 bits per heavy atom. The highest BCUT2D eigenvalue weighted by Crippen LogP contribution is 2.27. The molecule has 0 saturated heterocycles. The van der Waals surface area contributed by atoms with Gasteiger partial charge in [-0.2, -0.15) is 0 Å². The fraction of sp³-hybridized carbons (Fsp3) is 0.846. The Bertz CT molecular complexity index is 327. The molecule has 1 aliphatic rings. The molecule has 0 bridgehead atoms. The molecule has 0 unspecified atom stereocenters. The fourth-order valence-electron chi connectivity index (χ4n) is 2.27. The minimum absolute atomic E-state index is 0.202. The number of carbonyl (C=O) groups excluding carboxylic acids is 1. The average molecular weight is 272 g/mol. The van der Waals surface area contributed by atoms with Crippen molar-refractivity contribution in [2.24, 2.45) is 11.8 Å². The van der Waals surface area contributed by atoms with E-state index in [1.807, 2.05) is 13.8 Å². The van der Waals surface area contributed by atoms with Crippen LogP contribution in [-0.2, 0) is 4.79 Å². The number of urea groups is 1. The van der Waals surface area contributed by atoms with Gasteiger partial charge in [-0.05, 0) is 31.1 Å². The Morgan fingerprint density at radius 2 is 1.95 bits per heavy atom. The quantitative estimate of drug-likeness (QED) is 0.670. The zero-order valence-corrected chi connectivity index (χ0v) is 11.8. The monoisotopic (exact) mass is 272 g/mol. The van der Waals surface area contributed by atoms with E-state index in [2.05, 4.69) is 5.32 Å². The lowest BCUT2D eigenvalue weighted by molar-refractivity contribution is -0.139. The van der Waals surface area contributed by atoms with Gasteiger partial charge in [0.05, 0.1) is 6.10 Å². The summed E-state index contributed by atoms with van der Waals surface area (Å²) in [5, 5.41) is 20.8. The van der Waals surface area contributed by atoms with Crippen molar-refractivity contribution in [3.05, 3.63) is 0 Å². The topological polar surface area (TPSA) is 89.9 Å². The molecule has 1 atom stereocenters. The average Bonchev–Trinajstić information content (AvgIpc) is 2.24. The predicted molar refractivity (Wildman–Crippen MR) is 70.8 cm³/mol. The van der Waals surface area contributed by atoms with Crippen LogP contribution in [0.4, 0.5) is 4.79 Å². The van der Waals surface area contributed by atoms with Gasteiger partial charge >= 0.3 is 12.0 Å². The van der Waals surface area contributed by atoms with Crippen LogP contribution in [0, 0.1) is 11.8 Å². The molecule has 1 rings (SSSR count). The van der Waals surface area contributed by atoms with Gasteiger partial charge in [0, 0.05) is 13.6 Å². The molecule has 0 radical (unpaired) electrons. The second-order valence-corrected chi connectivity index (χ2v) is 5.84. The van der Waals surface area contributed by atoms with Gasteiger partial charge in [0.1, 0.15) is 6.04 Å². The summed E-state index contributed by atoms with van der Waals surface area (Å²) in [5.74, 6) is -0.484. The zero-order valence-electron chi connectivity index (χ0n) is 11.8. The first-order valence-corrected chi connectivity index (χ1v) is 6.72. The second-order valence-electron chi connectivity index (χ2n) is 5.84.